The minimum Gasteiger partial charge on any atom is -0.383 e. The van der Waals surface area contributed by atoms with Crippen LogP contribution in [0.4, 0.5) is 4.39 Å². The van der Waals surface area contributed by atoms with Gasteiger partial charge in [0.1, 0.15) is 5.82 Å². The number of nitrogens with one attached hydrogen (secondary N) is 1. The number of piperidine rings is 1. The summed E-state index contributed by atoms with van der Waals surface area (Å²) in [5, 5.41) is 2.81. The van der Waals surface area contributed by atoms with E-state index >= 15 is 0 Å². The van der Waals surface area contributed by atoms with Crippen LogP contribution < -0.4 is 5.32 Å². The number of carbonyl (C=O) groups excluding carboxylic acids is 2. The fourth-order valence-electron chi connectivity index (χ4n) is 2.87. The minimum atomic E-state index is -0.445. The smallest absolute Gasteiger partial charge is 0.225 e. The van der Waals surface area contributed by atoms with Crippen molar-refractivity contribution in [2.24, 2.45) is 5.92 Å². The fourth-order valence-corrected chi connectivity index (χ4v) is 2.87. The van der Waals surface area contributed by atoms with Gasteiger partial charge in [-0.2, -0.15) is 0 Å². The van der Waals surface area contributed by atoms with Crippen molar-refractivity contribution in [3.8, 4) is 0 Å². The van der Waals surface area contributed by atoms with Gasteiger partial charge in [-0.25, -0.2) is 4.39 Å². The van der Waals surface area contributed by atoms with E-state index in [4.69, 9.17) is 4.74 Å². The normalized spacial score (nSPS) is 21.8. The average molecular weight is 308 g/mol. The second-order valence-corrected chi connectivity index (χ2v) is 5.43. The first-order chi connectivity index (χ1) is 10.5. The maximum atomic E-state index is 13.5. The SMILES string of the molecule is COCCNC(=O)[C@@H]1CCC(=O)N(C)[C@H]1c1cccc(F)c1. The first-order valence-electron chi connectivity index (χ1n) is 7.32. The third kappa shape index (κ3) is 3.62. The Morgan fingerprint density at radius 2 is 2.27 bits per heavy atom. The molecule has 22 heavy (non-hydrogen) atoms. The van der Waals surface area contributed by atoms with Gasteiger partial charge < -0.3 is 15.0 Å². The number of hydrogen-bond acceptors (Lipinski definition) is 3. The number of carbonyl (C=O) groups is 2. The summed E-state index contributed by atoms with van der Waals surface area (Å²) in [5.74, 6) is -0.926. The Hall–Kier alpha value is -1.95. The molecular formula is C16H21FN2O3. The number of rotatable bonds is 5. The molecule has 0 unspecified atom stereocenters. The van der Waals surface area contributed by atoms with Gasteiger partial charge in [-0.15, -0.1) is 0 Å². The highest BCUT2D eigenvalue weighted by molar-refractivity contribution is 5.84. The Kier molecular flexibility index (Phi) is 5.49. The van der Waals surface area contributed by atoms with E-state index in [1.807, 2.05) is 0 Å². The molecule has 0 aromatic heterocycles. The standard InChI is InChI=1S/C16H21FN2O3/c1-19-14(20)7-6-13(16(21)18-8-9-22-2)15(19)11-4-3-5-12(17)10-11/h3-5,10,13,15H,6-9H2,1-2H3,(H,18,21)/t13-,15+/m1/s1. The van der Waals surface area contributed by atoms with Crippen LogP contribution in [0.25, 0.3) is 0 Å². The highest BCUT2D eigenvalue weighted by atomic mass is 19.1. The summed E-state index contributed by atoms with van der Waals surface area (Å²) in [6.07, 6.45) is 0.786. The zero-order valence-corrected chi connectivity index (χ0v) is 12.8. The molecule has 1 aliphatic heterocycles. The number of amides is 2. The summed E-state index contributed by atoms with van der Waals surface area (Å²) in [5.41, 5.74) is 0.641. The van der Waals surface area contributed by atoms with Crippen LogP contribution in [-0.4, -0.2) is 44.0 Å². The maximum absolute atomic E-state index is 13.5. The van der Waals surface area contributed by atoms with E-state index < -0.39 is 6.04 Å². The average Bonchev–Trinajstić information content (AvgIpc) is 2.50. The third-order valence-electron chi connectivity index (χ3n) is 3.99. The lowest BCUT2D eigenvalue weighted by atomic mass is 9.84. The molecule has 5 nitrogen and oxygen atoms in total. The van der Waals surface area contributed by atoms with Crippen LogP contribution in [0.1, 0.15) is 24.4 Å². The summed E-state index contributed by atoms with van der Waals surface area (Å²) in [6.45, 7) is 0.844. The van der Waals surface area contributed by atoms with Crippen molar-refractivity contribution in [1.82, 2.24) is 10.2 Å². The lowest BCUT2D eigenvalue weighted by Gasteiger charge is -2.38. The number of halogens is 1. The maximum Gasteiger partial charge on any atom is 0.225 e. The Labute approximate surface area is 129 Å². The molecule has 0 radical (unpaired) electrons. The second-order valence-electron chi connectivity index (χ2n) is 5.43. The fraction of sp³-hybridized carbons (Fsp3) is 0.500. The van der Waals surface area contributed by atoms with Gasteiger partial charge >= 0.3 is 0 Å². The number of nitrogens with zero attached hydrogens (tertiary/aromatic N) is 1. The van der Waals surface area contributed by atoms with Crippen molar-refractivity contribution in [3.63, 3.8) is 0 Å². The number of likely N-dealkylation sites (tertiary alicyclic amines) is 1. The van der Waals surface area contributed by atoms with E-state index in [1.54, 1.807) is 31.2 Å². The Morgan fingerprint density at radius 3 is 2.95 bits per heavy atom. The molecule has 1 fully saturated rings. The third-order valence-corrected chi connectivity index (χ3v) is 3.99. The molecule has 0 aliphatic carbocycles. The van der Waals surface area contributed by atoms with E-state index in [-0.39, 0.29) is 23.5 Å². The Balaban J connectivity index is 2.22. The number of methoxy groups -OCH3 is 1. The van der Waals surface area contributed by atoms with Gasteiger partial charge in [-0.05, 0) is 24.1 Å². The van der Waals surface area contributed by atoms with Crippen LogP contribution in [0.3, 0.4) is 0 Å². The largest absolute Gasteiger partial charge is 0.383 e. The van der Waals surface area contributed by atoms with E-state index in [2.05, 4.69) is 5.32 Å². The monoisotopic (exact) mass is 308 g/mol. The highest BCUT2D eigenvalue weighted by Gasteiger charge is 2.38. The van der Waals surface area contributed by atoms with E-state index in [0.29, 0.717) is 31.6 Å². The molecule has 2 amide bonds. The van der Waals surface area contributed by atoms with Crippen LogP contribution in [0, 0.1) is 11.7 Å². The van der Waals surface area contributed by atoms with Crippen molar-refractivity contribution in [3.05, 3.63) is 35.6 Å². The lowest BCUT2D eigenvalue weighted by Crippen LogP contribution is -2.46. The quantitative estimate of drug-likeness (QED) is 0.839. The van der Waals surface area contributed by atoms with Crippen molar-refractivity contribution < 1.29 is 18.7 Å². The number of hydrogen-bond donors (Lipinski definition) is 1. The van der Waals surface area contributed by atoms with Crippen LogP contribution in [0.15, 0.2) is 24.3 Å². The molecule has 1 aliphatic rings. The van der Waals surface area contributed by atoms with Crippen LogP contribution >= 0.6 is 0 Å². The summed E-state index contributed by atoms with van der Waals surface area (Å²) in [7, 11) is 3.22. The van der Waals surface area contributed by atoms with E-state index in [1.165, 1.54) is 12.1 Å². The molecule has 1 saturated heterocycles. The van der Waals surface area contributed by atoms with Crippen molar-refractivity contribution >= 4 is 11.8 Å². The van der Waals surface area contributed by atoms with Gasteiger partial charge in [-0.3, -0.25) is 9.59 Å². The first kappa shape index (κ1) is 16.4. The highest BCUT2D eigenvalue weighted by Crippen LogP contribution is 2.36. The topological polar surface area (TPSA) is 58.6 Å². The van der Waals surface area contributed by atoms with Crippen molar-refractivity contribution in [2.75, 3.05) is 27.3 Å². The Bertz CT molecular complexity index is 550. The molecule has 1 aromatic rings. The van der Waals surface area contributed by atoms with Crippen molar-refractivity contribution in [2.45, 2.75) is 18.9 Å². The van der Waals surface area contributed by atoms with Crippen molar-refractivity contribution in [1.29, 1.82) is 0 Å². The zero-order valence-electron chi connectivity index (χ0n) is 12.8. The molecule has 1 N–H and O–H groups in total. The van der Waals surface area contributed by atoms with E-state index in [0.717, 1.165) is 0 Å². The number of benzene rings is 1. The Morgan fingerprint density at radius 1 is 1.50 bits per heavy atom. The molecular weight excluding hydrogens is 287 g/mol. The summed E-state index contributed by atoms with van der Waals surface area (Å²) in [6, 6.07) is 5.63. The molecule has 120 valence electrons. The van der Waals surface area contributed by atoms with Gasteiger partial charge in [-0.1, -0.05) is 12.1 Å². The van der Waals surface area contributed by atoms with Gasteiger partial charge in [0, 0.05) is 27.1 Å². The molecule has 2 rings (SSSR count). The van der Waals surface area contributed by atoms with Gasteiger partial charge in [0.2, 0.25) is 11.8 Å². The van der Waals surface area contributed by atoms with Crippen LogP contribution in [-0.2, 0) is 14.3 Å². The number of ether oxygens (including phenoxy) is 1. The lowest BCUT2D eigenvalue weighted by molar-refractivity contribution is -0.141. The van der Waals surface area contributed by atoms with E-state index in [9.17, 15) is 14.0 Å². The van der Waals surface area contributed by atoms with Gasteiger partial charge in [0.05, 0.1) is 18.6 Å². The predicted octanol–water partition coefficient (Wildman–Crippen LogP) is 1.50. The van der Waals surface area contributed by atoms with Gasteiger partial charge in [0.25, 0.3) is 0 Å². The minimum absolute atomic E-state index is 0.0322. The molecule has 1 aromatic carbocycles. The van der Waals surface area contributed by atoms with Crippen LogP contribution in [0.2, 0.25) is 0 Å². The second kappa shape index (κ2) is 7.35. The molecule has 0 spiro atoms. The summed E-state index contributed by atoms with van der Waals surface area (Å²) < 4.78 is 18.4. The molecule has 0 bridgehead atoms. The summed E-state index contributed by atoms with van der Waals surface area (Å²) >= 11 is 0. The van der Waals surface area contributed by atoms with Crippen LogP contribution in [0.5, 0.6) is 0 Å². The first-order valence-corrected chi connectivity index (χ1v) is 7.32. The molecule has 2 atom stereocenters. The van der Waals surface area contributed by atoms with Gasteiger partial charge in [0.15, 0.2) is 0 Å². The predicted molar refractivity (Wildman–Crippen MR) is 79.5 cm³/mol. The molecule has 1 heterocycles. The summed E-state index contributed by atoms with van der Waals surface area (Å²) in [4.78, 5) is 25.9. The molecule has 0 saturated carbocycles. The molecule has 6 heteroatoms. The zero-order chi connectivity index (χ0) is 16.1.